The van der Waals surface area contributed by atoms with Gasteiger partial charge in [-0.1, -0.05) is 61.2 Å². The van der Waals surface area contributed by atoms with E-state index in [1.165, 1.54) is 54.4 Å². The maximum absolute atomic E-state index is 4.94. The van der Waals surface area contributed by atoms with Gasteiger partial charge in [-0.15, -0.1) is 0 Å². The monoisotopic (exact) mass is 372 g/mol. The van der Waals surface area contributed by atoms with Crippen LogP contribution in [0.3, 0.4) is 0 Å². The van der Waals surface area contributed by atoms with Gasteiger partial charge in [0.15, 0.2) is 0 Å². The van der Waals surface area contributed by atoms with Gasteiger partial charge in [-0.25, -0.2) is 4.98 Å². The number of imidazole rings is 2. The molecular formula is C24H28N4. The minimum atomic E-state index is 0.682. The second-order valence-corrected chi connectivity index (χ2v) is 8.09. The summed E-state index contributed by atoms with van der Waals surface area (Å²) in [5.74, 6) is 1.03. The van der Waals surface area contributed by atoms with Crippen molar-refractivity contribution in [1.29, 1.82) is 0 Å². The Morgan fingerprint density at radius 1 is 1.00 bits per heavy atom. The number of hydrogen-bond acceptors (Lipinski definition) is 2. The summed E-state index contributed by atoms with van der Waals surface area (Å²) in [4.78, 5) is 4.94. The topological polar surface area (TPSA) is 34.3 Å². The van der Waals surface area contributed by atoms with Crippen LogP contribution in [0.15, 0.2) is 54.7 Å². The predicted molar refractivity (Wildman–Crippen MR) is 116 cm³/mol. The summed E-state index contributed by atoms with van der Waals surface area (Å²) in [5, 5.41) is 3.79. The van der Waals surface area contributed by atoms with E-state index in [1.54, 1.807) is 0 Å². The molecule has 1 aliphatic carbocycles. The first kappa shape index (κ1) is 17.5. The lowest BCUT2D eigenvalue weighted by Gasteiger charge is -2.23. The molecule has 0 spiro atoms. The molecule has 4 aromatic rings. The average molecular weight is 373 g/mol. The van der Waals surface area contributed by atoms with E-state index in [0.717, 1.165) is 24.4 Å². The van der Waals surface area contributed by atoms with E-state index in [1.807, 2.05) is 0 Å². The second-order valence-electron chi connectivity index (χ2n) is 8.09. The van der Waals surface area contributed by atoms with Crippen LogP contribution in [0, 0.1) is 6.92 Å². The summed E-state index contributed by atoms with van der Waals surface area (Å²) < 4.78 is 4.62. The van der Waals surface area contributed by atoms with Crippen molar-refractivity contribution in [3.05, 3.63) is 60.3 Å². The third-order valence-corrected chi connectivity index (χ3v) is 6.08. The summed E-state index contributed by atoms with van der Waals surface area (Å²) in [5.41, 5.74) is 6.00. The highest BCUT2D eigenvalue weighted by Crippen LogP contribution is 2.27. The first-order chi connectivity index (χ1) is 13.8. The molecule has 4 heteroatoms. The molecule has 144 valence electrons. The van der Waals surface area contributed by atoms with Gasteiger partial charge in [-0.05, 0) is 37.5 Å². The molecule has 0 unspecified atom stereocenters. The number of aryl methyl sites for hydroxylation is 1. The first-order valence-electron chi connectivity index (χ1n) is 10.6. The fraction of sp³-hybridized carbons (Fsp3) is 0.375. The number of nitrogens with zero attached hydrogens (tertiary/aromatic N) is 3. The van der Waals surface area contributed by atoms with Crippen LogP contribution in [0.4, 0.5) is 0 Å². The zero-order valence-corrected chi connectivity index (χ0v) is 16.6. The number of rotatable bonds is 5. The fourth-order valence-corrected chi connectivity index (χ4v) is 4.51. The van der Waals surface area contributed by atoms with Gasteiger partial charge in [0.2, 0.25) is 5.78 Å². The van der Waals surface area contributed by atoms with Crippen molar-refractivity contribution in [2.24, 2.45) is 0 Å². The molecular weight excluding hydrogens is 344 g/mol. The van der Waals surface area contributed by atoms with Gasteiger partial charge in [-0.2, -0.15) is 0 Å². The zero-order valence-electron chi connectivity index (χ0n) is 16.6. The maximum atomic E-state index is 4.94. The summed E-state index contributed by atoms with van der Waals surface area (Å²) in [6, 6.07) is 17.9. The molecule has 1 saturated carbocycles. The van der Waals surface area contributed by atoms with Crippen molar-refractivity contribution in [2.75, 3.05) is 6.54 Å². The third kappa shape index (κ3) is 3.22. The number of nitrogens with one attached hydrogen (secondary N) is 1. The van der Waals surface area contributed by atoms with Crippen molar-refractivity contribution in [3.63, 3.8) is 0 Å². The zero-order chi connectivity index (χ0) is 18.9. The van der Waals surface area contributed by atoms with E-state index in [0.29, 0.717) is 6.04 Å². The molecule has 2 aromatic carbocycles. The largest absolute Gasteiger partial charge is 0.312 e. The van der Waals surface area contributed by atoms with Crippen LogP contribution in [-0.2, 0) is 6.54 Å². The van der Waals surface area contributed by atoms with Crippen LogP contribution >= 0.6 is 0 Å². The lowest BCUT2D eigenvalue weighted by Crippen LogP contribution is -2.33. The molecule has 0 amide bonds. The number of para-hydroxylation sites is 2. The molecule has 28 heavy (non-hydrogen) atoms. The Bertz CT molecular complexity index is 1080. The van der Waals surface area contributed by atoms with Crippen molar-refractivity contribution in [3.8, 4) is 11.3 Å². The van der Waals surface area contributed by atoms with Gasteiger partial charge >= 0.3 is 0 Å². The molecule has 4 nitrogen and oxygen atoms in total. The van der Waals surface area contributed by atoms with E-state index in [-0.39, 0.29) is 0 Å². The predicted octanol–water partition coefficient (Wildman–Crippen LogP) is 5.19. The van der Waals surface area contributed by atoms with E-state index in [4.69, 9.17) is 4.98 Å². The highest BCUT2D eigenvalue weighted by atomic mass is 15.2. The van der Waals surface area contributed by atoms with Crippen molar-refractivity contribution in [1.82, 2.24) is 19.3 Å². The molecule has 0 aliphatic heterocycles. The van der Waals surface area contributed by atoms with Crippen molar-refractivity contribution in [2.45, 2.75) is 51.6 Å². The average Bonchev–Trinajstić information content (AvgIpc) is 3.26. The van der Waals surface area contributed by atoms with Gasteiger partial charge in [-0.3, -0.25) is 4.40 Å². The van der Waals surface area contributed by atoms with Gasteiger partial charge < -0.3 is 9.88 Å². The first-order valence-corrected chi connectivity index (χ1v) is 10.6. The van der Waals surface area contributed by atoms with E-state index in [9.17, 15) is 0 Å². The summed E-state index contributed by atoms with van der Waals surface area (Å²) in [7, 11) is 0. The number of aromatic nitrogens is 3. The van der Waals surface area contributed by atoms with Gasteiger partial charge in [0, 0.05) is 25.3 Å². The normalized spacial score (nSPS) is 15.6. The van der Waals surface area contributed by atoms with E-state index >= 15 is 0 Å². The molecule has 0 radical (unpaired) electrons. The SMILES string of the molecule is Cc1ccc(-c2cn3c4ccccc4nc3n2CCNC2CCCCC2)cc1. The third-order valence-electron chi connectivity index (χ3n) is 6.08. The van der Waals surface area contributed by atoms with Crippen molar-refractivity contribution < 1.29 is 0 Å². The number of hydrogen-bond donors (Lipinski definition) is 1. The Balaban J connectivity index is 1.51. The molecule has 0 saturated heterocycles. The van der Waals surface area contributed by atoms with E-state index in [2.05, 4.69) is 75.9 Å². The standard InChI is InChI=1S/C24H28N4/c1-18-11-13-19(14-12-18)23-17-28-22-10-6-5-9-21(22)26-24(28)27(23)16-15-25-20-7-3-2-4-8-20/h5-6,9-14,17,20,25H,2-4,7-8,15-16H2,1H3. The van der Waals surface area contributed by atoms with Crippen LogP contribution in [-0.4, -0.2) is 26.5 Å². The molecule has 0 bridgehead atoms. The van der Waals surface area contributed by atoms with Crippen LogP contribution in [0.1, 0.15) is 37.7 Å². The highest BCUT2D eigenvalue weighted by molar-refractivity contribution is 5.81. The Labute approximate surface area is 166 Å². The minimum absolute atomic E-state index is 0.682. The number of fused-ring (bicyclic) bond motifs is 3. The summed E-state index contributed by atoms with van der Waals surface area (Å²) >= 11 is 0. The lowest BCUT2D eigenvalue weighted by atomic mass is 9.95. The summed E-state index contributed by atoms with van der Waals surface area (Å²) in [6.45, 7) is 4.05. The fourth-order valence-electron chi connectivity index (χ4n) is 4.51. The van der Waals surface area contributed by atoms with Crippen molar-refractivity contribution >= 4 is 16.8 Å². The minimum Gasteiger partial charge on any atom is -0.312 e. The Morgan fingerprint density at radius 2 is 1.79 bits per heavy atom. The molecule has 1 N–H and O–H groups in total. The molecule has 1 aliphatic rings. The highest BCUT2D eigenvalue weighted by Gasteiger charge is 2.16. The molecule has 2 aromatic heterocycles. The van der Waals surface area contributed by atoms with Crippen LogP contribution in [0.25, 0.3) is 28.1 Å². The quantitative estimate of drug-likeness (QED) is 0.523. The Morgan fingerprint density at radius 3 is 2.61 bits per heavy atom. The second kappa shape index (κ2) is 7.44. The molecule has 2 heterocycles. The summed E-state index contributed by atoms with van der Waals surface area (Å²) in [6.07, 6.45) is 9.01. The van der Waals surface area contributed by atoms with Crippen LogP contribution < -0.4 is 5.32 Å². The van der Waals surface area contributed by atoms with Gasteiger partial charge in [0.1, 0.15) is 0 Å². The Hall–Kier alpha value is -2.59. The maximum Gasteiger partial charge on any atom is 0.215 e. The lowest BCUT2D eigenvalue weighted by molar-refractivity contribution is 0.369. The van der Waals surface area contributed by atoms with Gasteiger partial charge in [0.05, 0.1) is 16.7 Å². The molecule has 5 rings (SSSR count). The molecule has 0 atom stereocenters. The van der Waals surface area contributed by atoms with Crippen LogP contribution in [0.5, 0.6) is 0 Å². The van der Waals surface area contributed by atoms with E-state index < -0.39 is 0 Å². The smallest absolute Gasteiger partial charge is 0.215 e. The van der Waals surface area contributed by atoms with Crippen LogP contribution in [0.2, 0.25) is 0 Å². The number of benzene rings is 2. The molecule has 1 fully saturated rings. The Kier molecular flexibility index (Phi) is 4.65. The van der Waals surface area contributed by atoms with Gasteiger partial charge in [0.25, 0.3) is 0 Å².